The van der Waals surface area contributed by atoms with Crippen LogP contribution in [0.3, 0.4) is 0 Å². The molecule has 0 aliphatic carbocycles. The number of amides is 1. The molecule has 6 rings (SSSR count). The predicted octanol–water partition coefficient (Wildman–Crippen LogP) is 5.89. The van der Waals surface area contributed by atoms with Gasteiger partial charge in [-0.15, -0.1) is 15.3 Å². The highest BCUT2D eigenvalue weighted by Gasteiger charge is 2.30. The minimum atomic E-state index is -5.03. The Bertz CT molecular complexity index is 2850. The number of hydrogen-bond donors (Lipinski definition) is 6. The van der Waals surface area contributed by atoms with Crippen LogP contribution in [-0.2, 0) is 35.1 Å². The fourth-order valence-electron chi connectivity index (χ4n) is 4.94. The number of hydrogen-bond acceptors (Lipinski definition) is 17. The molecule has 1 atom stereocenters. The Morgan fingerprint density at radius 2 is 1.24 bits per heavy atom. The molecule has 0 fully saturated rings. The molecular weight excluding hydrogens is 787 g/mol. The zero-order valence-electron chi connectivity index (χ0n) is 27.2. The topological polar surface area (TPSA) is 336 Å². The number of fused-ring (bicyclic) bond motifs is 1. The zero-order chi connectivity index (χ0) is 39.9. The van der Waals surface area contributed by atoms with Gasteiger partial charge in [0.25, 0.3) is 36.3 Å². The van der Waals surface area contributed by atoms with Gasteiger partial charge in [0.2, 0.25) is 0 Å². The second kappa shape index (κ2) is 14.3. The van der Waals surface area contributed by atoms with E-state index in [2.05, 4.69) is 35.8 Å². The number of nitrogens with two attached hydrogens (primary N) is 1. The minimum absolute atomic E-state index is 0.00259. The summed E-state index contributed by atoms with van der Waals surface area (Å²) < 4.78 is 99.3. The summed E-state index contributed by atoms with van der Waals surface area (Å²) >= 11 is 0. The van der Waals surface area contributed by atoms with Crippen LogP contribution in [0.5, 0.6) is 11.5 Å². The van der Waals surface area contributed by atoms with Gasteiger partial charge in [-0.2, -0.15) is 50.7 Å². The second-order valence-electron chi connectivity index (χ2n) is 11.2. The van der Waals surface area contributed by atoms with Crippen molar-refractivity contribution in [1.29, 1.82) is 0 Å². The first-order valence-electron chi connectivity index (χ1n) is 15.0. The molecule has 0 saturated carbocycles. The molecule has 21 nitrogen and oxygen atoms in total. The molecule has 1 amide bonds. The molecule has 282 valence electrons. The molecule has 7 N–H and O–H groups in total. The summed E-state index contributed by atoms with van der Waals surface area (Å²) in [6.07, 6.45) is 1.21. The third kappa shape index (κ3) is 8.17. The highest BCUT2D eigenvalue weighted by atomic mass is 32.2. The van der Waals surface area contributed by atoms with Crippen LogP contribution in [0.25, 0.3) is 10.8 Å². The van der Waals surface area contributed by atoms with Gasteiger partial charge in [-0.25, -0.2) is 0 Å². The van der Waals surface area contributed by atoms with E-state index in [-0.39, 0.29) is 49.8 Å². The Kier molecular flexibility index (Phi) is 9.95. The number of rotatable bonds is 10. The van der Waals surface area contributed by atoms with E-state index in [0.717, 1.165) is 41.4 Å². The van der Waals surface area contributed by atoms with Gasteiger partial charge in [-0.05, 0) is 84.2 Å². The van der Waals surface area contributed by atoms with Gasteiger partial charge in [0.1, 0.15) is 26.9 Å². The number of aromatic hydroxyl groups is 2. The molecule has 1 heterocycles. The number of azo groups is 3. The van der Waals surface area contributed by atoms with Crippen LogP contribution in [0, 0.1) is 0 Å². The summed E-state index contributed by atoms with van der Waals surface area (Å²) in [6.45, 7) is 0. The SMILES string of the molecule is Nc1ccc(N=Nc2ccc3cc(S(=O)(=O)O)c(N=Nc4ccc(N=NC5C=NN(c6ccc(S(=O)(=O)O)cc6)C5=O)cc4)c(O)c3c2O)c(S(=O)(=O)O)c1. The van der Waals surface area contributed by atoms with Crippen LogP contribution in [-0.4, -0.2) is 67.3 Å². The largest absolute Gasteiger partial charge is 0.505 e. The van der Waals surface area contributed by atoms with Crippen LogP contribution in [0.1, 0.15) is 0 Å². The summed E-state index contributed by atoms with van der Waals surface area (Å²) in [4.78, 5) is 10.9. The number of carbonyl (C=O) groups is 1. The molecular formula is C31H23N9O12S3. The van der Waals surface area contributed by atoms with E-state index in [1.807, 2.05) is 0 Å². The first kappa shape index (κ1) is 38.2. The van der Waals surface area contributed by atoms with Crippen molar-refractivity contribution in [2.24, 2.45) is 35.8 Å². The van der Waals surface area contributed by atoms with Crippen LogP contribution in [0.15, 0.2) is 135 Å². The molecule has 5 aromatic rings. The van der Waals surface area contributed by atoms with Gasteiger partial charge in [0, 0.05) is 5.69 Å². The average Bonchev–Trinajstić information content (AvgIpc) is 3.49. The normalized spacial score (nSPS) is 15.4. The van der Waals surface area contributed by atoms with Gasteiger partial charge in [-0.1, -0.05) is 6.07 Å². The van der Waals surface area contributed by atoms with Crippen molar-refractivity contribution in [3.8, 4) is 11.5 Å². The molecule has 1 unspecified atom stereocenters. The number of nitrogen functional groups attached to an aromatic ring is 1. The number of nitrogens with zero attached hydrogens (tertiary/aromatic N) is 8. The quantitative estimate of drug-likeness (QED) is 0.0545. The fourth-order valence-corrected chi connectivity index (χ4v) is 6.74. The van der Waals surface area contributed by atoms with Crippen molar-refractivity contribution in [3.63, 3.8) is 0 Å². The zero-order valence-corrected chi connectivity index (χ0v) is 29.7. The molecule has 1 aliphatic rings. The van der Waals surface area contributed by atoms with Crippen molar-refractivity contribution < 1.29 is 53.9 Å². The number of phenols is 2. The van der Waals surface area contributed by atoms with Crippen molar-refractivity contribution in [1.82, 2.24) is 0 Å². The Hall–Kier alpha value is -6.57. The highest BCUT2D eigenvalue weighted by Crippen LogP contribution is 2.48. The van der Waals surface area contributed by atoms with Gasteiger partial charge in [0.05, 0.1) is 33.6 Å². The molecule has 0 bridgehead atoms. The number of phenolic OH excluding ortho intramolecular Hbond substituents is 2. The average molecular weight is 810 g/mol. The number of carbonyl (C=O) groups excluding carboxylic acids is 1. The fraction of sp³-hybridized carbons (Fsp3) is 0.0323. The summed E-state index contributed by atoms with van der Waals surface area (Å²) in [5.74, 6) is -2.29. The first-order chi connectivity index (χ1) is 25.8. The Labute approximate surface area is 309 Å². The molecule has 5 aromatic carbocycles. The predicted molar refractivity (Wildman–Crippen MR) is 193 cm³/mol. The maximum Gasteiger partial charge on any atom is 0.296 e. The highest BCUT2D eigenvalue weighted by molar-refractivity contribution is 7.86. The lowest BCUT2D eigenvalue weighted by Crippen LogP contribution is -2.28. The Balaban J connectivity index is 1.24. The maximum atomic E-state index is 12.8. The molecule has 0 radical (unpaired) electrons. The number of anilines is 2. The van der Waals surface area contributed by atoms with Crippen molar-refractivity contribution >= 4 is 93.1 Å². The Morgan fingerprint density at radius 1 is 0.636 bits per heavy atom. The summed E-state index contributed by atoms with van der Waals surface area (Å²) in [7, 11) is -14.2. The maximum absolute atomic E-state index is 12.8. The van der Waals surface area contributed by atoms with Gasteiger partial charge in [-0.3, -0.25) is 18.5 Å². The smallest absolute Gasteiger partial charge is 0.296 e. The van der Waals surface area contributed by atoms with Crippen LogP contribution >= 0.6 is 0 Å². The third-order valence-corrected chi connectivity index (χ3v) is 10.2. The van der Waals surface area contributed by atoms with Crippen molar-refractivity contribution in [2.75, 3.05) is 10.7 Å². The summed E-state index contributed by atoms with van der Waals surface area (Å²) in [5, 5.41) is 49.8. The molecule has 0 aromatic heterocycles. The lowest BCUT2D eigenvalue weighted by molar-refractivity contribution is -0.117. The van der Waals surface area contributed by atoms with Crippen molar-refractivity contribution in [2.45, 2.75) is 20.7 Å². The minimum Gasteiger partial charge on any atom is -0.505 e. The van der Waals surface area contributed by atoms with Gasteiger partial charge < -0.3 is 15.9 Å². The summed E-state index contributed by atoms with van der Waals surface area (Å²) in [5.41, 5.74) is 4.67. The first-order valence-corrected chi connectivity index (χ1v) is 19.3. The van der Waals surface area contributed by atoms with Gasteiger partial charge in [0.15, 0.2) is 17.5 Å². The lowest BCUT2D eigenvalue weighted by Gasteiger charge is -2.12. The third-order valence-electron chi connectivity index (χ3n) is 7.55. The standard InChI is InChI=1S/C31H23N9O12S3/c32-17-2-12-22(25(14-17)54(47,48)49)36-37-23-11-1-16-13-26(55(50,51)52)28(30(42)27(16)29(23)41)39-35-19-5-3-18(4-6-19)34-38-24-15-33-40(31(24)43)20-7-9-21(10-8-20)53(44,45)46/h1-15,24,41-42H,32H2,(H,44,45,46)(H,47,48,49)(H,50,51,52). The lowest BCUT2D eigenvalue weighted by atomic mass is 10.1. The number of hydrazone groups is 1. The van der Waals surface area contributed by atoms with E-state index in [4.69, 9.17) is 10.3 Å². The van der Waals surface area contributed by atoms with E-state index in [1.54, 1.807) is 0 Å². The Morgan fingerprint density at radius 3 is 1.85 bits per heavy atom. The molecule has 1 aliphatic heterocycles. The van der Waals surface area contributed by atoms with E-state index >= 15 is 0 Å². The van der Waals surface area contributed by atoms with E-state index in [0.29, 0.717) is 0 Å². The summed E-state index contributed by atoms with van der Waals surface area (Å²) in [6, 6.07) is 15.8. The number of benzene rings is 5. The molecule has 0 spiro atoms. The van der Waals surface area contributed by atoms with Crippen LogP contribution in [0.4, 0.5) is 39.8 Å². The van der Waals surface area contributed by atoms with Crippen LogP contribution in [0.2, 0.25) is 0 Å². The monoisotopic (exact) mass is 809 g/mol. The van der Waals surface area contributed by atoms with E-state index in [9.17, 15) is 49.4 Å². The molecule has 55 heavy (non-hydrogen) atoms. The van der Waals surface area contributed by atoms with E-state index < -0.39 is 69.3 Å². The van der Waals surface area contributed by atoms with E-state index in [1.165, 1.54) is 54.7 Å². The van der Waals surface area contributed by atoms with Crippen LogP contribution < -0.4 is 10.7 Å². The van der Waals surface area contributed by atoms with Gasteiger partial charge >= 0.3 is 0 Å². The van der Waals surface area contributed by atoms with Crippen molar-refractivity contribution in [3.05, 3.63) is 84.9 Å². The molecule has 0 saturated heterocycles. The molecule has 24 heteroatoms. The second-order valence-corrected chi connectivity index (χ2v) is 15.4.